The number of hydrogen-bond donors (Lipinski definition) is 0. The van der Waals surface area contributed by atoms with Gasteiger partial charge in [0.15, 0.2) is 0 Å². The smallest absolute Gasteiger partial charge is 0.410 e. The first-order chi connectivity index (χ1) is 13.3. The molecule has 6 nitrogen and oxygen atoms in total. The zero-order chi connectivity index (χ0) is 20.1. The van der Waals surface area contributed by atoms with Crippen LogP contribution in [0.3, 0.4) is 0 Å². The molecule has 1 aromatic carbocycles. The second-order valence-electron chi connectivity index (χ2n) is 8.69. The minimum Gasteiger partial charge on any atom is -0.489 e. The van der Waals surface area contributed by atoms with Crippen molar-refractivity contribution in [3.8, 4) is 5.75 Å². The first kappa shape index (κ1) is 20.5. The Morgan fingerprint density at radius 2 is 1.57 bits per heavy atom. The molecule has 2 aliphatic heterocycles. The molecule has 1 aromatic rings. The second-order valence-corrected chi connectivity index (χ2v) is 8.69. The van der Waals surface area contributed by atoms with Crippen LogP contribution in [0.5, 0.6) is 5.75 Å². The van der Waals surface area contributed by atoms with Crippen molar-refractivity contribution in [3.05, 3.63) is 29.8 Å². The number of carbonyl (C=O) groups excluding carboxylic acids is 2. The summed E-state index contributed by atoms with van der Waals surface area (Å²) in [6, 6.07) is 7.37. The maximum atomic E-state index is 12.6. The predicted octanol–water partition coefficient (Wildman–Crippen LogP) is 4.09. The second kappa shape index (κ2) is 8.84. The predicted molar refractivity (Wildman–Crippen MR) is 108 cm³/mol. The average molecular weight is 389 g/mol. The van der Waals surface area contributed by atoms with Gasteiger partial charge < -0.3 is 19.3 Å². The molecule has 0 radical (unpaired) electrons. The third kappa shape index (κ3) is 5.63. The normalized spacial score (nSPS) is 20.6. The summed E-state index contributed by atoms with van der Waals surface area (Å²) in [4.78, 5) is 28.5. The fourth-order valence-corrected chi connectivity index (χ4v) is 3.67. The third-order valence-electron chi connectivity index (χ3n) is 5.08. The lowest BCUT2D eigenvalue weighted by atomic mass is 10.1. The van der Waals surface area contributed by atoms with Gasteiger partial charge in [0.05, 0.1) is 6.54 Å². The SMILES string of the molecule is CC(C)(C)OC(=O)N1CCC[C@H](Oc2ccc(C(=O)N3CCCCC3)cc2)C1. The lowest BCUT2D eigenvalue weighted by Gasteiger charge is -2.34. The molecular weight excluding hydrogens is 356 g/mol. The molecule has 2 heterocycles. The largest absolute Gasteiger partial charge is 0.489 e. The summed E-state index contributed by atoms with van der Waals surface area (Å²) >= 11 is 0. The zero-order valence-electron chi connectivity index (χ0n) is 17.3. The minimum atomic E-state index is -0.498. The van der Waals surface area contributed by atoms with E-state index in [1.165, 1.54) is 6.42 Å². The summed E-state index contributed by atoms with van der Waals surface area (Å²) in [5.41, 5.74) is 0.204. The van der Waals surface area contributed by atoms with E-state index in [0.717, 1.165) is 44.5 Å². The summed E-state index contributed by atoms with van der Waals surface area (Å²) in [7, 11) is 0. The Balaban J connectivity index is 1.54. The summed E-state index contributed by atoms with van der Waals surface area (Å²) in [6.45, 7) is 8.52. The van der Waals surface area contributed by atoms with E-state index in [4.69, 9.17) is 9.47 Å². The molecule has 0 aliphatic carbocycles. The van der Waals surface area contributed by atoms with Gasteiger partial charge in [-0.15, -0.1) is 0 Å². The van der Waals surface area contributed by atoms with Crippen LogP contribution in [0.2, 0.25) is 0 Å². The molecule has 2 amide bonds. The first-order valence-corrected chi connectivity index (χ1v) is 10.4. The van der Waals surface area contributed by atoms with Gasteiger partial charge in [0.25, 0.3) is 5.91 Å². The van der Waals surface area contributed by atoms with E-state index in [1.54, 1.807) is 4.90 Å². The number of benzene rings is 1. The fourth-order valence-electron chi connectivity index (χ4n) is 3.67. The van der Waals surface area contributed by atoms with E-state index in [2.05, 4.69) is 0 Å². The maximum absolute atomic E-state index is 12.6. The number of amides is 2. The monoisotopic (exact) mass is 388 g/mol. The number of ether oxygens (including phenoxy) is 2. The van der Waals surface area contributed by atoms with Crippen molar-refractivity contribution in [1.29, 1.82) is 0 Å². The van der Waals surface area contributed by atoms with Gasteiger partial charge in [-0.05, 0) is 77.1 Å². The van der Waals surface area contributed by atoms with E-state index in [1.807, 2.05) is 49.9 Å². The molecule has 0 N–H and O–H groups in total. The van der Waals surface area contributed by atoms with Crippen LogP contribution in [0.4, 0.5) is 4.79 Å². The van der Waals surface area contributed by atoms with Crippen molar-refractivity contribution in [2.45, 2.75) is 64.6 Å². The van der Waals surface area contributed by atoms with Crippen molar-refractivity contribution < 1.29 is 19.1 Å². The van der Waals surface area contributed by atoms with E-state index >= 15 is 0 Å². The van der Waals surface area contributed by atoms with E-state index < -0.39 is 5.60 Å². The van der Waals surface area contributed by atoms with E-state index in [9.17, 15) is 9.59 Å². The number of likely N-dealkylation sites (tertiary alicyclic amines) is 2. The molecule has 3 rings (SSSR count). The average Bonchev–Trinajstić information content (AvgIpc) is 2.68. The number of rotatable bonds is 3. The number of nitrogens with zero attached hydrogens (tertiary/aromatic N) is 2. The standard InChI is InChI=1S/C22H32N2O4/c1-22(2,3)28-21(26)24-15-7-8-19(16-24)27-18-11-9-17(10-12-18)20(25)23-13-5-4-6-14-23/h9-12,19H,4-8,13-16H2,1-3H3/t19-/m0/s1. The molecule has 2 aliphatic rings. The molecule has 0 saturated carbocycles. The summed E-state index contributed by atoms with van der Waals surface area (Å²) < 4.78 is 11.5. The van der Waals surface area contributed by atoms with Crippen LogP contribution in [0, 0.1) is 0 Å². The van der Waals surface area contributed by atoms with Crippen LogP contribution in [0.1, 0.15) is 63.2 Å². The lowest BCUT2D eigenvalue weighted by molar-refractivity contribution is 0.00774. The highest BCUT2D eigenvalue weighted by molar-refractivity contribution is 5.94. The molecule has 0 aromatic heterocycles. The van der Waals surface area contributed by atoms with Gasteiger partial charge in [-0.2, -0.15) is 0 Å². The fraction of sp³-hybridized carbons (Fsp3) is 0.636. The van der Waals surface area contributed by atoms with Crippen molar-refractivity contribution in [1.82, 2.24) is 9.80 Å². The van der Waals surface area contributed by atoms with Gasteiger partial charge in [0, 0.05) is 25.2 Å². The van der Waals surface area contributed by atoms with E-state index in [-0.39, 0.29) is 18.1 Å². The molecular formula is C22H32N2O4. The Morgan fingerprint density at radius 1 is 0.929 bits per heavy atom. The van der Waals surface area contributed by atoms with Crippen molar-refractivity contribution in [2.24, 2.45) is 0 Å². The maximum Gasteiger partial charge on any atom is 0.410 e. The highest BCUT2D eigenvalue weighted by atomic mass is 16.6. The lowest BCUT2D eigenvalue weighted by Crippen LogP contribution is -2.46. The molecule has 2 saturated heterocycles. The number of piperidine rings is 2. The van der Waals surface area contributed by atoms with Gasteiger partial charge in [-0.1, -0.05) is 0 Å². The van der Waals surface area contributed by atoms with Gasteiger partial charge in [0.1, 0.15) is 17.5 Å². The summed E-state index contributed by atoms with van der Waals surface area (Å²) in [5, 5.41) is 0. The Kier molecular flexibility index (Phi) is 6.47. The van der Waals surface area contributed by atoms with Crippen molar-refractivity contribution >= 4 is 12.0 Å². The van der Waals surface area contributed by atoms with Gasteiger partial charge in [-0.3, -0.25) is 4.79 Å². The Hall–Kier alpha value is -2.24. The van der Waals surface area contributed by atoms with Crippen LogP contribution in [0.15, 0.2) is 24.3 Å². The van der Waals surface area contributed by atoms with Crippen molar-refractivity contribution in [3.63, 3.8) is 0 Å². The number of hydrogen-bond acceptors (Lipinski definition) is 4. The minimum absolute atomic E-state index is 0.0649. The highest BCUT2D eigenvalue weighted by Crippen LogP contribution is 2.22. The molecule has 0 spiro atoms. The highest BCUT2D eigenvalue weighted by Gasteiger charge is 2.28. The molecule has 2 fully saturated rings. The van der Waals surface area contributed by atoms with Gasteiger partial charge >= 0.3 is 6.09 Å². The Bertz CT molecular complexity index is 675. The van der Waals surface area contributed by atoms with Crippen LogP contribution in [-0.4, -0.2) is 59.7 Å². The molecule has 0 bridgehead atoms. The molecule has 28 heavy (non-hydrogen) atoms. The Morgan fingerprint density at radius 3 is 2.21 bits per heavy atom. The summed E-state index contributed by atoms with van der Waals surface area (Å²) in [5.74, 6) is 0.825. The van der Waals surface area contributed by atoms with Crippen molar-refractivity contribution in [2.75, 3.05) is 26.2 Å². The van der Waals surface area contributed by atoms with Crippen LogP contribution < -0.4 is 4.74 Å². The topological polar surface area (TPSA) is 59.1 Å². The zero-order valence-corrected chi connectivity index (χ0v) is 17.3. The van der Waals surface area contributed by atoms with E-state index in [0.29, 0.717) is 18.7 Å². The molecule has 6 heteroatoms. The van der Waals surface area contributed by atoms with Gasteiger partial charge in [0.2, 0.25) is 0 Å². The molecule has 0 unspecified atom stereocenters. The Labute approximate surface area is 167 Å². The molecule has 1 atom stereocenters. The van der Waals surface area contributed by atoms with Crippen LogP contribution in [0.25, 0.3) is 0 Å². The quantitative estimate of drug-likeness (QED) is 0.782. The third-order valence-corrected chi connectivity index (χ3v) is 5.08. The summed E-state index contributed by atoms with van der Waals surface area (Å²) in [6.07, 6.45) is 4.81. The first-order valence-electron chi connectivity index (χ1n) is 10.4. The van der Waals surface area contributed by atoms with Gasteiger partial charge in [-0.25, -0.2) is 4.79 Å². The van der Waals surface area contributed by atoms with Crippen LogP contribution in [-0.2, 0) is 4.74 Å². The molecule has 154 valence electrons. The van der Waals surface area contributed by atoms with Crippen LogP contribution >= 0.6 is 0 Å². The number of carbonyl (C=O) groups is 2.